The topological polar surface area (TPSA) is 734 Å². The summed E-state index contributed by atoms with van der Waals surface area (Å²) < 4.78 is 0. The second-order valence-electron chi connectivity index (χ2n) is 35.6. The number of hydrogen-bond acceptors (Lipinski definition) is 26. The zero-order chi connectivity index (χ0) is 105. The third kappa shape index (κ3) is 38.1. The van der Waals surface area contributed by atoms with Gasteiger partial charge < -0.3 is 133 Å². The van der Waals surface area contributed by atoms with Crippen LogP contribution in [0.2, 0.25) is 0 Å². The molecule has 17 amide bonds. The van der Waals surface area contributed by atoms with Crippen molar-refractivity contribution in [3.8, 4) is 0 Å². The van der Waals surface area contributed by atoms with E-state index in [0.29, 0.717) is 61.6 Å². The van der Waals surface area contributed by atoms with Crippen molar-refractivity contribution >= 4 is 200 Å². The molecule has 16 atom stereocenters. The highest BCUT2D eigenvalue weighted by molar-refractivity contribution is 7.98. The number of carbonyl (C=O) groups is 20. The number of aromatic nitrogens is 3. The van der Waals surface area contributed by atoms with E-state index in [1.165, 1.54) is 30.4 Å². The molecule has 3 aromatic carbocycles. The number of aliphatic carboxylic acids is 3. The number of aromatic amines is 3. The number of thiol groups is 2. The molecule has 0 aliphatic rings. The van der Waals surface area contributed by atoms with Gasteiger partial charge in [0.15, 0.2) is 0 Å². The molecule has 29 N–H and O–H groups in total. The SMILES string of the molecule is CSCC[C@H](NC(=O)[C@H](CC(N)=O)NC(=O)[C@H](CS)NC(=O)[C@H](C)NC(=O)[C@H](Cc1c[nH]c2ccccc12)NC(=O)[C@H](CCC(N)=O)NC(=O)[C@H](CCSC)NC(=O)[C@H](CCCCN)NC(=O)[C@H](CC(C)C)NC(=O)[C@H](Cc1c[nH]c2ccccc12)NC(=O)[C@H](CCC(=O)O)NC(=O)[C@H](CS)NC(=O)[C@@H](NC(=O)[C@H](Cc1c[nH]c2ccccc12)NC(=O)[C@@H](N)CC(=O)O)C(C)C)C(=O)N[C@@H](CC(C)C)C(=O)O. The lowest BCUT2D eigenvalue weighted by Crippen LogP contribution is -2.61. The Balaban J connectivity index is 1.23. The van der Waals surface area contributed by atoms with Gasteiger partial charge in [-0.3, -0.25) is 91.1 Å². The molecule has 0 saturated heterocycles. The third-order valence-electron chi connectivity index (χ3n) is 22.9. The zero-order valence-corrected chi connectivity index (χ0v) is 83.9. The number of carboxylic acids is 3. The monoisotopic (exact) mass is 2050 g/mol. The van der Waals surface area contributed by atoms with Crippen molar-refractivity contribution in [3.63, 3.8) is 0 Å². The van der Waals surface area contributed by atoms with Crippen molar-refractivity contribution in [1.82, 2.24) is 94.7 Å². The van der Waals surface area contributed by atoms with E-state index in [4.69, 9.17) is 22.9 Å². The summed E-state index contributed by atoms with van der Waals surface area (Å²) in [7, 11) is 0. The number of nitrogens with two attached hydrogens (primary N) is 4. The molecular weight excluding hydrogens is 1920 g/mol. The van der Waals surface area contributed by atoms with Gasteiger partial charge in [0.2, 0.25) is 100 Å². The summed E-state index contributed by atoms with van der Waals surface area (Å²) in [6.07, 6.45) is 3.57. The Morgan fingerprint density at radius 3 is 1.05 bits per heavy atom. The normalized spacial score (nSPS) is 14.8. The number of nitrogens with one attached hydrogen (secondary N) is 18. The minimum atomic E-state index is -1.78. The quantitative estimate of drug-likeness (QED) is 0.0154. The van der Waals surface area contributed by atoms with E-state index in [2.05, 4.69) is 120 Å². The van der Waals surface area contributed by atoms with Gasteiger partial charge in [-0.15, -0.1) is 0 Å². The van der Waals surface area contributed by atoms with Gasteiger partial charge in [0.1, 0.15) is 90.6 Å². The van der Waals surface area contributed by atoms with E-state index >= 15 is 14.4 Å². The lowest BCUT2D eigenvalue weighted by molar-refractivity contribution is -0.143. The van der Waals surface area contributed by atoms with Gasteiger partial charge >= 0.3 is 17.9 Å². The molecule has 0 aliphatic carbocycles. The van der Waals surface area contributed by atoms with Crippen molar-refractivity contribution in [2.45, 2.75) is 248 Å². The van der Waals surface area contributed by atoms with Crippen molar-refractivity contribution in [2.75, 3.05) is 42.1 Å². The van der Waals surface area contributed by atoms with Crippen LogP contribution in [-0.4, -0.2) is 287 Å². The van der Waals surface area contributed by atoms with Crippen LogP contribution in [-0.2, 0) is 115 Å². The number of hydrogen-bond donors (Lipinski definition) is 27. The highest BCUT2D eigenvalue weighted by Gasteiger charge is 2.41. The number of H-pyrrole nitrogens is 3. The average molecular weight is 2060 g/mol. The maximum atomic E-state index is 15.3. The van der Waals surface area contributed by atoms with Crippen LogP contribution in [0, 0.1) is 17.8 Å². The van der Waals surface area contributed by atoms with Crippen molar-refractivity contribution in [1.29, 1.82) is 0 Å². The summed E-state index contributed by atoms with van der Waals surface area (Å²) >= 11 is 11.1. The predicted molar refractivity (Wildman–Crippen MR) is 538 cm³/mol. The van der Waals surface area contributed by atoms with Crippen LogP contribution in [0.25, 0.3) is 32.7 Å². The van der Waals surface area contributed by atoms with E-state index in [9.17, 15) is 96.8 Å². The Labute approximate surface area is 839 Å². The number of primary amides is 2. The third-order valence-corrected chi connectivity index (χ3v) is 24.9. The molecule has 3 aromatic heterocycles. The Morgan fingerprint density at radius 2 is 0.669 bits per heavy atom. The average Bonchev–Trinajstić information content (AvgIpc) is 1.69. The van der Waals surface area contributed by atoms with Crippen LogP contribution in [0.4, 0.5) is 0 Å². The van der Waals surface area contributed by atoms with Crippen LogP contribution in [0.3, 0.4) is 0 Å². The number of carbonyl (C=O) groups excluding carboxylic acids is 17. The summed E-state index contributed by atoms with van der Waals surface area (Å²) in [6.45, 7) is 11.4. The molecule has 6 rings (SSSR count). The summed E-state index contributed by atoms with van der Waals surface area (Å²) in [6, 6.07) is -4.14. The van der Waals surface area contributed by atoms with Gasteiger partial charge in [-0.25, -0.2) is 4.79 Å². The predicted octanol–water partition coefficient (Wildman–Crippen LogP) is -1.41. The number of para-hydroxylation sites is 3. The molecule has 0 radical (unpaired) electrons. The van der Waals surface area contributed by atoms with Gasteiger partial charge in [-0.2, -0.15) is 48.8 Å². The fraction of sp³-hybridized carbons (Fsp3) is 0.527. The van der Waals surface area contributed by atoms with Gasteiger partial charge in [0, 0.05) is 94.9 Å². The largest absolute Gasteiger partial charge is 0.481 e. The van der Waals surface area contributed by atoms with Crippen LogP contribution >= 0.6 is 48.8 Å². The maximum absolute atomic E-state index is 15.3. The van der Waals surface area contributed by atoms with E-state index in [0.717, 1.165) is 0 Å². The first kappa shape index (κ1) is 118. The van der Waals surface area contributed by atoms with Gasteiger partial charge in [0.25, 0.3) is 0 Å². The summed E-state index contributed by atoms with van der Waals surface area (Å²) in [4.78, 5) is 287. The van der Waals surface area contributed by atoms with E-state index in [-0.39, 0.29) is 76.0 Å². The first-order valence-electron chi connectivity index (χ1n) is 46.4. The van der Waals surface area contributed by atoms with E-state index in [1.807, 2.05) is 0 Å². The van der Waals surface area contributed by atoms with Gasteiger partial charge in [0.05, 0.1) is 18.9 Å². The summed E-state index contributed by atoms with van der Waals surface area (Å²) in [5.74, 6) is -22.9. The number of fused-ring (bicyclic) bond motifs is 3. The van der Waals surface area contributed by atoms with Crippen LogP contribution in [0.1, 0.15) is 149 Å². The molecule has 778 valence electrons. The number of thioether (sulfide) groups is 2. The number of amides is 17. The number of carboxylic acid groups (broad SMARTS) is 3. The Bertz CT molecular complexity index is 5400. The van der Waals surface area contributed by atoms with Gasteiger partial charge in [-0.1, -0.05) is 96.1 Å². The maximum Gasteiger partial charge on any atom is 0.326 e. The first-order valence-corrected chi connectivity index (χ1v) is 50.4. The fourth-order valence-corrected chi connectivity index (χ4v) is 16.7. The molecule has 0 spiro atoms. The summed E-state index contributed by atoms with van der Waals surface area (Å²) in [5.41, 5.74) is 26.4. The Morgan fingerprint density at radius 1 is 0.345 bits per heavy atom. The zero-order valence-electron chi connectivity index (χ0n) is 80.5. The highest BCUT2D eigenvalue weighted by atomic mass is 32.2. The standard InChI is InChI=1S/C93H134N22O23S4/c1-46(2)34-65(108-87(131)67(37-51-42-99-58-22-14-11-19-54(51)58)110-82(126)62(26-28-75(118)119)104-90(134)72(45-140)114-92(136)77(48(5)6)115-89(133)68(107-79(123)56(95)39-76(120)121)38-52-43-100-59-23-15-12-20-55(52)59)86(130)102-60(24-16-17-31-94)80(124)105-63(29-32-141-8)83(127)103-61(25-27-73(96)116)81(125)109-66(36-50-41-98-57-21-13-10-18-53(50)57)85(129)101-49(7)78(122)113-71(44-139)91(135)111-69(40-74(97)117)88(132)106-64(30-33-142-9)84(128)112-70(93(137)138)35-47(3)4/h10-15,18-23,41-43,46-49,56,60-72,77,98-100,139-140H,16-17,24-40,44-45,94-95H2,1-9H3,(H2,96,116)(H2,97,117)(H,101,129)(H,102,130)(H,103,127)(H,104,134)(H,105,124)(H,106,132)(H,107,123)(H,108,131)(H,109,125)(H,110,126)(H,111,135)(H,112,128)(H,113,122)(H,114,136)(H,115,133)(H,118,119)(H,120,121)(H,137,138)/t49-,56-,60-,61-,62-,63-,64-,65-,66-,67-,68-,69-,70-,71-,72-,77-/m0/s1. The molecule has 0 fully saturated rings. The molecule has 3 heterocycles. The molecule has 0 saturated carbocycles. The molecule has 0 unspecified atom stereocenters. The van der Waals surface area contributed by atoms with Crippen molar-refractivity contribution < 1.29 is 111 Å². The number of benzene rings is 3. The summed E-state index contributed by atoms with van der Waals surface area (Å²) in [5, 5.41) is 69.5. The second kappa shape index (κ2) is 59.0. The molecule has 142 heavy (non-hydrogen) atoms. The second-order valence-corrected chi connectivity index (χ2v) is 38.3. The molecular formula is C93H134N22O23S4. The van der Waals surface area contributed by atoms with Crippen molar-refractivity contribution in [2.24, 2.45) is 40.7 Å². The van der Waals surface area contributed by atoms with Crippen molar-refractivity contribution in [3.05, 3.63) is 108 Å². The number of rotatable bonds is 64. The molecule has 45 nitrogen and oxygen atoms in total. The Hall–Kier alpha value is -13.0. The molecule has 0 aliphatic heterocycles. The van der Waals surface area contributed by atoms with E-state index in [1.54, 1.807) is 145 Å². The smallest absolute Gasteiger partial charge is 0.326 e. The van der Waals surface area contributed by atoms with E-state index < -0.39 is 277 Å². The molecule has 49 heteroatoms. The minimum Gasteiger partial charge on any atom is -0.481 e. The molecule has 6 aromatic rings. The fourth-order valence-electron chi connectivity index (χ4n) is 15.3. The highest BCUT2D eigenvalue weighted by Crippen LogP contribution is 2.25. The van der Waals surface area contributed by atoms with Crippen LogP contribution in [0.15, 0.2) is 91.4 Å². The van der Waals surface area contributed by atoms with Crippen LogP contribution in [0.5, 0.6) is 0 Å². The first-order chi connectivity index (χ1) is 67.3. The number of unbranched alkanes of at least 4 members (excludes halogenated alkanes) is 1. The minimum absolute atomic E-state index is 0.00954. The van der Waals surface area contributed by atoms with Gasteiger partial charge in [-0.05, 0) is 148 Å². The lowest BCUT2D eigenvalue weighted by atomic mass is 9.99. The molecule has 0 bridgehead atoms. The Kier molecular flexibility index (Phi) is 48.9. The van der Waals surface area contributed by atoms with Crippen LogP contribution < -0.4 is 103 Å². The lowest BCUT2D eigenvalue weighted by Gasteiger charge is -2.29.